The van der Waals surface area contributed by atoms with Crippen molar-refractivity contribution in [1.82, 2.24) is 9.80 Å². The number of carbonyl (C=O) groups excluding carboxylic acids is 4. The molecular formula is C25H22N2O4. The maximum absolute atomic E-state index is 12.9. The molecule has 3 amide bonds. The zero-order valence-corrected chi connectivity index (χ0v) is 17.4. The van der Waals surface area contributed by atoms with Crippen LogP contribution in [0.3, 0.4) is 0 Å². The second kappa shape index (κ2) is 8.14. The lowest BCUT2D eigenvalue weighted by Gasteiger charge is -2.20. The van der Waals surface area contributed by atoms with Crippen LogP contribution in [0.4, 0.5) is 0 Å². The first-order valence-corrected chi connectivity index (χ1v) is 10.2. The van der Waals surface area contributed by atoms with Gasteiger partial charge >= 0.3 is 0 Å². The Balaban J connectivity index is 1.70. The van der Waals surface area contributed by atoms with Crippen LogP contribution in [0.1, 0.15) is 60.8 Å². The molecular weight excluding hydrogens is 392 g/mol. The number of fused-ring (bicyclic) bond motifs is 2. The lowest BCUT2D eigenvalue weighted by Crippen LogP contribution is -2.31. The van der Waals surface area contributed by atoms with Gasteiger partial charge in [0, 0.05) is 18.7 Å². The Labute approximate surface area is 180 Å². The molecule has 6 heteroatoms. The van der Waals surface area contributed by atoms with E-state index in [4.69, 9.17) is 0 Å². The van der Waals surface area contributed by atoms with Gasteiger partial charge in [-0.3, -0.25) is 24.1 Å². The van der Waals surface area contributed by atoms with E-state index in [-0.39, 0.29) is 24.3 Å². The third-order valence-corrected chi connectivity index (χ3v) is 5.70. The molecule has 0 aromatic heterocycles. The molecule has 0 spiro atoms. The lowest BCUT2D eigenvalue weighted by atomic mass is 9.98. The summed E-state index contributed by atoms with van der Waals surface area (Å²) in [6.07, 6.45) is 0.697. The standard InChI is InChI=1S/C25H22N2O4/c1-3-26(4-2)23(29)22-13-18-11-16(9-10-17(18)12-19(22)15-28)14-27-24(30)20-7-5-6-8-21(20)25(27)31/h5-13,15H,3-4,14H2,1-2H3. The monoisotopic (exact) mass is 414 g/mol. The Morgan fingerprint density at radius 3 is 2.13 bits per heavy atom. The molecule has 0 fully saturated rings. The van der Waals surface area contributed by atoms with E-state index in [1.54, 1.807) is 41.3 Å². The highest BCUT2D eigenvalue weighted by Gasteiger charge is 2.35. The summed E-state index contributed by atoms with van der Waals surface area (Å²) in [4.78, 5) is 52.7. The van der Waals surface area contributed by atoms with E-state index in [0.717, 1.165) is 16.3 Å². The number of nitrogens with zero attached hydrogens (tertiary/aromatic N) is 2. The first-order chi connectivity index (χ1) is 15.0. The van der Waals surface area contributed by atoms with Crippen LogP contribution in [0.2, 0.25) is 0 Å². The summed E-state index contributed by atoms with van der Waals surface area (Å²) in [5.74, 6) is -0.816. The minimum absolute atomic E-state index is 0.136. The molecule has 0 saturated heterocycles. The molecule has 1 heterocycles. The van der Waals surface area contributed by atoms with E-state index in [9.17, 15) is 19.2 Å². The molecule has 31 heavy (non-hydrogen) atoms. The van der Waals surface area contributed by atoms with Crippen LogP contribution in [-0.4, -0.2) is 46.9 Å². The molecule has 0 aliphatic carbocycles. The smallest absolute Gasteiger partial charge is 0.261 e. The number of benzene rings is 3. The van der Waals surface area contributed by atoms with Gasteiger partial charge in [0.15, 0.2) is 6.29 Å². The van der Waals surface area contributed by atoms with Crippen LogP contribution in [0.5, 0.6) is 0 Å². The van der Waals surface area contributed by atoms with E-state index >= 15 is 0 Å². The number of carbonyl (C=O) groups is 4. The van der Waals surface area contributed by atoms with Crippen molar-refractivity contribution in [2.45, 2.75) is 20.4 Å². The van der Waals surface area contributed by atoms with Crippen molar-refractivity contribution in [3.05, 3.63) is 82.4 Å². The zero-order valence-electron chi connectivity index (χ0n) is 17.4. The SMILES string of the molecule is CCN(CC)C(=O)c1cc2cc(CN3C(=O)c4ccccc4C3=O)ccc2cc1C=O. The number of hydrogen-bond acceptors (Lipinski definition) is 4. The van der Waals surface area contributed by atoms with Crippen molar-refractivity contribution >= 4 is 34.8 Å². The van der Waals surface area contributed by atoms with Gasteiger partial charge in [0.1, 0.15) is 0 Å². The molecule has 4 rings (SSSR count). The van der Waals surface area contributed by atoms with Crippen LogP contribution in [0, 0.1) is 0 Å². The molecule has 156 valence electrons. The molecule has 0 bridgehead atoms. The van der Waals surface area contributed by atoms with Gasteiger partial charge in [-0.2, -0.15) is 0 Å². The van der Waals surface area contributed by atoms with E-state index in [1.807, 2.05) is 32.0 Å². The van der Waals surface area contributed by atoms with Crippen molar-refractivity contribution in [3.8, 4) is 0 Å². The lowest BCUT2D eigenvalue weighted by molar-refractivity contribution is 0.0641. The number of hydrogen-bond donors (Lipinski definition) is 0. The molecule has 1 aliphatic rings. The van der Waals surface area contributed by atoms with Crippen LogP contribution >= 0.6 is 0 Å². The van der Waals surface area contributed by atoms with Gasteiger partial charge in [0.25, 0.3) is 17.7 Å². The van der Waals surface area contributed by atoms with Gasteiger partial charge < -0.3 is 4.90 Å². The summed E-state index contributed by atoms with van der Waals surface area (Å²) in [5, 5.41) is 1.58. The average Bonchev–Trinajstić information content (AvgIpc) is 3.04. The van der Waals surface area contributed by atoms with E-state index in [1.165, 1.54) is 4.90 Å². The molecule has 0 atom stereocenters. The van der Waals surface area contributed by atoms with Gasteiger partial charge in [-0.25, -0.2) is 0 Å². The molecule has 0 N–H and O–H groups in total. The summed E-state index contributed by atoms with van der Waals surface area (Å²) in [5.41, 5.74) is 2.29. The fourth-order valence-electron chi connectivity index (χ4n) is 3.99. The normalized spacial score (nSPS) is 12.9. The Morgan fingerprint density at radius 2 is 1.55 bits per heavy atom. The molecule has 3 aromatic rings. The second-order valence-electron chi connectivity index (χ2n) is 7.46. The molecule has 3 aromatic carbocycles. The highest BCUT2D eigenvalue weighted by Crippen LogP contribution is 2.27. The average molecular weight is 414 g/mol. The van der Waals surface area contributed by atoms with Crippen LogP contribution in [0.25, 0.3) is 10.8 Å². The number of rotatable bonds is 6. The van der Waals surface area contributed by atoms with Crippen molar-refractivity contribution < 1.29 is 19.2 Å². The van der Waals surface area contributed by atoms with Crippen molar-refractivity contribution in [1.29, 1.82) is 0 Å². The Kier molecular flexibility index (Phi) is 5.38. The topological polar surface area (TPSA) is 74.8 Å². The third-order valence-electron chi connectivity index (χ3n) is 5.70. The largest absolute Gasteiger partial charge is 0.339 e. The molecule has 1 aliphatic heterocycles. The summed E-state index contributed by atoms with van der Waals surface area (Å²) in [6, 6.07) is 15.7. The van der Waals surface area contributed by atoms with Crippen molar-refractivity contribution in [3.63, 3.8) is 0 Å². The third kappa shape index (κ3) is 3.50. The molecule has 0 saturated carbocycles. The van der Waals surface area contributed by atoms with Gasteiger partial charge in [0.05, 0.1) is 23.2 Å². The zero-order chi connectivity index (χ0) is 22.1. The van der Waals surface area contributed by atoms with Crippen LogP contribution in [0.15, 0.2) is 54.6 Å². The Bertz CT molecular complexity index is 1190. The number of imide groups is 1. The fourth-order valence-corrected chi connectivity index (χ4v) is 3.99. The molecule has 0 unspecified atom stereocenters. The summed E-state index contributed by atoms with van der Waals surface area (Å²) in [6.45, 7) is 5.01. The Morgan fingerprint density at radius 1 is 0.903 bits per heavy atom. The summed E-state index contributed by atoms with van der Waals surface area (Å²) >= 11 is 0. The highest BCUT2D eigenvalue weighted by molar-refractivity contribution is 6.21. The minimum Gasteiger partial charge on any atom is -0.339 e. The maximum atomic E-state index is 12.9. The van der Waals surface area contributed by atoms with Gasteiger partial charge in [-0.1, -0.05) is 24.3 Å². The van der Waals surface area contributed by atoms with Crippen molar-refractivity contribution in [2.75, 3.05) is 13.1 Å². The summed E-state index contributed by atoms with van der Waals surface area (Å²) < 4.78 is 0. The Hall–Kier alpha value is -3.80. The van der Waals surface area contributed by atoms with Gasteiger partial charge in [-0.15, -0.1) is 0 Å². The predicted octanol–water partition coefficient (Wildman–Crippen LogP) is 3.93. The van der Waals surface area contributed by atoms with Crippen LogP contribution < -0.4 is 0 Å². The van der Waals surface area contributed by atoms with Gasteiger partial charge in [0.2, 0.25) is 0 Å². The summed E-state index contributed by atoms with van der Waals surface area (Å²) in [7, 11) is 0. The molecule has 6 nitrogen and oxygen atoms in total. The van der Waals surface area contributed by atoms with Crippen molar-refractivity contribution in [2.24, 2.45) is 0 Å². The number of aldehydes is 1. The minimum atomic E-state index is -0.311. The quantitative estimate of drug-likeness (QED) is 0.452. The molecule has 0 radical (unpaired) electrons. The number of amides is 3. The fraction of sp³-hybridized carbons (Fsp3) is 0.200. The van der Waals surface area contributed by atoms with Gasteiger partial charge in [-0.05, 0) is 60.5 Å². The second-order valence-corrected chi connectivity index (χ2v) is 7.46. The van der Waals surface area contributed by atoms with E-state index in [2.05, 4.69) is 0 Å². The van der Waals surface area contributed by atoms with E-state index in [0.29, 0.717) is 41.6 Å². The maximum Gasteiger partial charge on any atom is 0.261 e. The first kappa shape index (κ1) is 20.5. The predicted molar refractivity (Wildman–Crippen MR) is 117 cm³/mol. The highest BCUT2D eigenvalue weighted by atomic mass is 16.2. The van der Waals surface area contributed by atoms with E-state index < -0.39 is 0 Å². The first-order valence-electron chi connectivity index (χ1n) is 10.2. The van der Waals surface area contributed by atoms with Crippen LogP contribution in [-0.2, 0) is 6.54 Å².